The third kappa shape index (κ3) is 3.48. The highest BCUT2D eigenvalue weighted by atomic mass is 32.2. The number of benzene rings is 1. The van der Waals surface area contributed by atoms with Crippen LogP contribution in [0.2, 0.25) is 0 Å². The highest BCUT2D eigenvalue weighted by molar-refractivity contribution is 7.95. The normalized spacial score (nSPS) is 14.7. The van der Waals surface area contributed by atoms with Crippen molar-refractivity contribution in [2.75, 3.05) is 13.4 Å². The monoisotopic (exact) mass is 200 g/mol. The van der Waals surface area contributed by atoms with Gasteiger partial charge in [0.2, 0.25) is 0 Å². The smallest absolute Gasteiger partial charge is 0.118 e. The van der Waals surface area contributed by atoms with Gasteiger partial charge in [0.1, 0.15) is 5.75 Å². The van der Waals surface area contributed by atoms with Crippen molar-refractivity contribution in [3.63, 3.8) is 0 Å². The Hall–Kier alpha value is -1.00. The minimum Gasteiger partial charge on any atom is -0.497 e. The highest BCUT2D eigenvalue weighted by Crippen LogP contribution is 2.09. The fourth-order valence-corrected chi connectivity index (χ4v) is 1.60. The predicted molar refractivity (Wildman–Crippen MR) is 54.9 cm³/mol. The fraction of sp³-hybridized carbons (Fsp3) is 0.222. The van der Waals surface area contributed by atoms with Crippen molar-refractivity contribution >= 4 is 15.2 Å². The van der Waals surface area contributed by atoms with Gasteiger partial charge in [-0.3, -0.25) is 0 Å². The number of ether oxygens (including phenoxy) is 1. The van der Waals surface area contributed by atoms with E-state index in [1.165, 1.54) is 11.6 Å². The van der Waals surface area contributed by atoms with E-state index in [1.54, 1.807) is 31.4 Å². The molecular weight excluding hydrogens is 188 g/mol. The molecule has 0 aliphatic rings. The second-order valence-corrected chi connectivity index (χ2v) is 4.71. The molecule has 0 saturated carbocycles. The van der Waals surface area contributed by atoms with Crippen LogP contribution in [-0.4, -0.2) is 27.5 Å². The SMILES string of the molecule is COc1ccc(C=S(C)(=O)O)cc1. The van der Waals surface area contributed by atoms with E-state index >= 15 is 0 Å². The Kier molecular flexibility index (Phi) is 2.95. The second kappa shape index (κ2) is 3.81. The molecule has 0 bridgehead atoms. The molecule has 0 aliphatic heterocycles. The van der Waals surface area contributed by atoms with Crippen molar-refractivity contribution in [3.05, 3.63) is 29.8 Å². The van der Waals surface area contributed by atoms with Gasteiger partial charge in [-0.1, -0.05) is 12.1 Å². The molecule has 1 rings (SSSR count). The summed E-state index contributed by atoms with van der Waals surface area (Å²) in [5.41, 5.74) is 0.718. The lowest BCUT2D eigenvalue weighted by Crippen LogP contribution is -1.99. The van der Waals surface area contributed by atoms with Crippen LogP contribution in [0.3, 0.4) is 0 Å². The summed E-state index contributed by atoms with van der Waals surface area (Å²) in [5.74, 6) is 0.734. The zero-order valence-electron chi connectivity index (χ0n) is 7.56. The van der Waals surface area contributed by atoms with Crippen LogP contribution < -0.4 is 4.74 Å². The molecule has 1 aromatic rings. The quantitative estimate of drug-likeness (QED) is 0.730. The van der Waals surface area contributed by atoms with Gasteiger partial charge in [-0.15, -0.1) is 0 Å². The summed E-state index contributed by atoms with van der Waals surface area (Å²) in [6, 6.07) is 6.96. The first kappa shape index (κ1) is 10.1. The standard InChI is InChI=1S/C9H12O3S/c1-12-9-5-3-8(4-6-9)7-13(2,10)11/h3-7H,1-2H3,(H,10,11). The van der Waals surface area contributed by atoms with E-state index in [0.29, 0.717) is 0 Å². The Bertz CT molecular complexity index is 378. The van der Waals surface area contributed by atoms with Crippen LogP contribution in [-0.2, 0) is 9.80 Å². The van der Waals surface area contributed by atoms with Crippen molar-refractivity contribution in [3.8, 4) is 5.75 Å². The van der Waals surface area contributed by atoms with Gasteiger partial charge in [-0.2, -0.15) is 0 Å². The van der Waals surface area contributed by atoms with E-state index in [4.69, 9.17) is 9.29 Å². The van der Waals surface area contributed by atoms with Crippen LogP contribution in [0.4, 0.5) is 0 Å². The van der Waals surface area contributed by atoms with Crippen molar-refractivity contribution < 1.29 is 13.5 Å². The molecule has 72 valence electrons. The topological polar surface area (TPSA) is 46.5 Å². The maximum absolute atomic E-state index is 11.0. The van der Waals surface area contributed by atoms with Gasteiger partial charge in [0, 0.05) is 11.6 Å². The molecule has 1 N–H and O–H groups in total. The average Bonchev–Trinajstić information content (AvgIpc) is 2.03. The van der Waals surface area contributed by atoms with Crippen molar-refractivity contribution in [2.45, 2.75) is 0 Å². The lowest BCUT2D eigenvalue weighted by atomic mass is 10.2. The Morgan fingerprint density at radius 2 is 1.92 bits per heavy atom. The Morgan fingerprint density at radius 1 is 1.38 bits per heavy atom. The Morgan fingerprint density at radius 3 is 2.31 bits per heavy atom. The predicted octanol–water partition coefficient (Wildman–Crippen LogP) is 1.23. The zero-order valence-corrected chi connectivity index (χ0v) is 8.38. The van der Waals surface area contributed by atoms with Gasteiger partial charge in [-0.05, 0) is 17.7 Å². The summed E-state index contributed by atoms with van der Waals surface area (Å²) in [7, 11) is -1.24. The molecule has 0 radical (unpaired) electrons. The van der Waals surface area contributed by atoms with Crippen LogP contribution in [0.15, 0.2) is 24.3 Å². The van der Waals surface area contributed by atoms with E-state index in [2.05, 4.69) is 0 Å². The third-order valence-corrected chi connectivity index (χ3v) is 2.18. The zero-order chi connectivity index (χ0) is 9.90. The van der Waals surface area contributed by atoms with Crippen molar-refractivity contribution in [2.24, 2.45) is 0 Å². The number of hydrogen-bond acceptors (Lipinski definition) is 2. The molecule has 0 saturated heterocycles. The summed E-state index contributed by atoms with van der Waals surface area (Å²) in [6.45, 7) is 0. The molecule has 0 amide bonds. The molecule has 0 fully saturated rings. The van der Waals surface area contributed by atoms with Gasteiger partial charge in [0.15, 0.2) is 0 Å². The lowest BCUT2D eigenvalue weighted by molar-refractivity contribution is 0.415. The van der Waals surface area contributed by atoms with Gasteiger partial charge in [0.25, 0.3) is 0 Å². The molecule has 1 unspecified atom stereocenters. The Balaban J connectivity index is 3.01. The summed E-state index contributed by atoms with van der Waals surface area (Å²) >= 11 is 0. The number of hydrogen-bond donors (Lipinski definition) is 1. The fourth-order valence-electron chi connectivity index (χ4n) is 0.935. The molecule has 1 aromatic carbocycles. The average molecular weight is 200 g/mol. The van der Waals surface area contributed by atoms with E-state index in [-0.39, 0.29) is 0 Å². The van der Waals surface area contributed by atoms with Crippen LogP contribution in [0.1, 0.15) is 5.56 Å². The molecule has 0 spiro atoms. The maximum Gasteiger partial charge on any atom is 0.118 e. The molecule has 0 aliphatic carbocycles. The molecule has 3 nitrogen and oxygen atoms in total. The maximum atomic E-state index is 11.0. The summed E-state index contributed by atoms with van der Waals surface area (Å²) < 4.78 is 25.0. The van der Waals surface area contributed by atoms with Gasteiger partial charge >= 0.3 is 0 Å². The van der Waals surface area contributed by atoms with Crippen LogP contribution in [0, 0.1) is 0 Å². The summed E-state index contributed by atoms with van der Waals surface area (Å²) in [6.07, 6.45) is 1.28. The first-order chi connectivity index (χ1) is 6.01. The molecule has 13 heavy (non-hydrogen) atoms. The van der Waals surface area contributed by atoms with Crippen molar-refractivity contribution in [1.29, 1.82) is 0 Å². The number of methoxy groups -OCH3 is 1. The Labute approximate surface area is 78.2 Å². The van der Waals surface area contributed by atoms with Crippen LogP contribution in [0.25, 0.3) is 0 Å². The van der Waals surface area contributed by atoms with Gasteiger partial charge in [-0.25, -0.2) is 4.21 Å². The second-order valence-electron chi connectivity index (χ2n) is 2.75. The van der Waals surface area contributed by atoms with Crippen LogP contribution in [0.5, 0.6) is 5.75 Å². The third-order valence-electron chi connectivity index (χ3n) is 1.47. The lowest BCUT2D eigenvalue weighted by Gasteiger charge is -1.99. The van der Waals surface area contributed by atoms with Crippen LogP contribution >= 0.6 is 0 Å². The summed E-state index contributed by atoms with van der Waals surface area (Å²) in [4.78, 5) is 0. The van der Waals surface area contributed by atoms with Gasteiger partial charge < -0.3 is 9.29 Å². The molecule has 1 atom stereocenters. The highest BCUT2D eigenvalue weighted by Gasteiger charge is 1.94. The van der Waals surface area contributed by atoms with E-state index in [1.807, 2.05) is 0 Å². The van der Waals surface area contributed by atoms with E-state index in [0.717, 1.165) is 11.3 Å². The van der Waals surface area contributed by atoms with E-state index < -0.39 is 9.80 Å². The molecule has 0 heterocycles. The molecule has 0 aromatic heterocycles. The minimum atomic E-state index is -2.81. The van der Waals surface area contributed by atoms with Gasteiger partial charge in [0.05, 0.1) is 16.9 Å². The van der Waals surface area contributed by atoms with Crippen molar-refractivity contribution in [1.82, 2.24) is 0 Å². The molecule has 4 heteroatoms. The number of rotatable bonds is 2. The summed E-state index contributed by atoms with van der Waals surface area (Å²) in [5, 5.41) is 1.33. The first-order valence-electron chi connectivity index (χ1n) is 3.72. The largest absolute Gasteiger partial charge is 0.497 e. The van der Waals surface area contributed by atoms with E-state index in [9.17, 15) is 4.21 Å². The minimum absolute atomic E-state index is 0.718. The first-order valence-corrected chi connectivity index (χ1v) is 5.70. The molecular formula is C9H12O3S.